The molecule has 35 heavy (non-hydrogen) atoms. The summed E-state index contributed by atoms with van der Waals surface area (Å²) < 4.78 is 57.0. The van der Waals surface area contributed by atoms with Crippen molar-refractivity contribution in [2.45, 2.75) is 29.6 Å². The molecule has 1 unspecified atom stereocenters. The van der Waals surface area contributed by atoms with E-state index >= 15 is 0 Å². The molecule has 0 radical (unpaired) electrons. The van der Waals surface area contributed by atoms with Gasteiger partial charge in [0.1, 0.15) is 5.82 Å². The zero-order valence-corrected chi connectivity index (χ0v) is 19.8. The van der Waals surface area contributed by atoms with E-state index in [2.05, 4.69) is 4.40 Å². The second kappa shape index (κ2) is 9.53. The highest BCUT2D eigenvalue weighted by molar-refractivity contribution is 7.90. The van der Waals surface area contributed by atoms with Gasteiger partial charge in [-0.25, -0.2) is 12.8 Å². The van der Waals surface area contributed by atoms with Gasteiger partial charge in [-0.2, -0.15) is 0 Å². The Kier molecular flexibility index (Phi) is 6.44. The first-order valence-corrected chi connectivity index (χ1v) is 13.0. The fraction of sp³-hybridized carbons (Fsp3) is 0.296. The van der Waals surface area contributed by atoms with Crippen molar-refractivity contribution in [2.24, 2.45) is 4.40 Å². The minimum absolute atomic E-state index is 0.0205. The van der Waals surface area contributed by atoms with Gasteiger partial charge in [-0.1, -0.05) is 72.8 Å². The molecule has 0 bridgehead atoms. The van der Waals surface area contributed by atoms with E-state index in [0.29, 0.717) is 11.1 Å². The smallest absolute Gasteiger partial charge is 0.267 e. The van der Waals surface area contributed by atoms with Crippen molar-refractivity contribution in [3.8, 4) is 11.1 Å². The summed E-state index contributed by atoms with van der Waals surface area (Å²) in [6, 6.07) is 23.5. The van der Waals surface area contributed by atoms with E-state index in [1.165, 1.54) is 6.07 Å². The van der Waals surface area contributed by atoms with E-state index in [1.807, 2.05) is 42.5 Å². The molecule has 1 N–H and O–H groups in total. The van der Waals surface area contributed by atoms with Crippen molar-refractivity contribution in [3.63, 3.8) is 0 Å². The lowest BCUT2D eigenvalue weighted by Crippen LogP contribution is -2.60. The summed E-state index contributed by atoms with van der Waals surface area (Å²) in [7, 11) is -4.00. The summed E-state index contributed by atoms with van der Waals surface area (Å²) in [5.74, 6) is -0.870. The van der Waals surface area contributed by atoms with Crippen LogP contribution >= 0.6 is 0 Å². The maximum atomic E-state index is 14.4. The van der Waals surface area contributed by atoms with Crippen molar-refractivity contribution in [1.82, 2.24) is 0 Å². The summed E-state index contributed by atoms with van der Waals surface area (Å²) >= 11 is 0. The Balaban J connectivity index is 1.46. The maximum Gasteiger partial charge on any atom is 0.267 e. The lowest BCUT2D eigenvalue weighted by atomic mass is 9.89. The molecule has 5 rings (SSSR count). The molecular weight excluding hydrogens is 469 g/mol. The summed E-state index contributed by atoms with van der Waals surface area (Å²) in [4.78, 5) is 0. The average molecular weight is 496 g/mol. The molecule has 0 aliphatic carbocycles. The lowest BCUT2D eigenvalue weighted by molar-refractivity contribution is -0.173. The Morgan fingerprint density at radius 3 is 2.26 bits per heavy atom. The molecule has 2 atom stereocenters. The van der Waals surface area contributed by atoms with E-state index in [1.54, 1.807) is 30.3 Å². The Morgan fingerprint density at radius 1 is 0.971 bits per heavy atom. The molecule has 2 aliphatic rings. The van der Waals surface area contributed by atoms with Gasteiger partial charge < -0.3 is 14.6 Å². The van der Waals surface area contributed by atoms with Gasteiger partial charge in [-0.05, 0) is 40.7 Å². The molecule has 3 aromatic rings. The lowest BCUT2D eigenvalue weighted by Gasteiger charge is -2.47. The summed E-state index contributed by atoms with van der Waals surface area (Å²) in [6.07, 6.45) is 0.305. The van der Waals surface area contributed by atoms with E-state index < -0.39 is 32.6 Å². The normalized spacial score (nSPS) is 21.0. The third-order valence-electron chi connectivity index (χ3n) is 6.58. The molecule has 182 valence electrons. The SMILES string of the molecule is O=S1(=O)N=C(C[C@@H](CCO)c2ccccc2F)OC2(COC2)C1c1ccc(-c2ccccc2)cc1. The van der Waals surface area contributed by atoms with Crippen LogP contribution < -0.4 is 0 Å². The van der Waals surface area contributed by atoms with Crippen LogP contribution in [-0.4, -0.2) is 44.8 Å². The average Bonchev–Trinajstić information content (AvgIpc) is 2.83. The van der Waals surface area contributed by atoms with Crippen molar-refractivity contribution in [2.75, 3.05) is 19.8 Å². The Hall–Kier alpha value is -3.07. The van der Waals surface area contributed by atoms with E-state index in [9.17, 15) is 17.9 Å². The quantitative estimate of drug-likeness (QED) is 0.517. The van der Waals surface area contributed by atoms with Gasteiger partial charge in [-0.3, -0.25) is 0 Å². The Labute approximate surface area is 204 Å². The highest BCUT2D eigenvalue weighted by atomic mass is 32.2. The van der Waals surface area contributed by atoms with Crippen LogP contribution in [0.25, 0.3) is 11.1 Å². The van der Waals surface area contributed by atoms with Crippen molar-refractivity contribution >= 4 is 15.9 Å². The first-order chi connectivity index (χ1) is 16.9. The van der Waals surface area contributed by atoms with E-state index in [-0.39, 0.29) is 38.6 Å². The topological polar surface area (TPSA) is 85.2 Å². The number of sulfonamides is 1. The first-order valence-electron chi connectivity index (χ1n) is 11.5. The number of halogens is 1. The zero-order valence-electron chi connectivity index (χ0n) is 19.0. The third kappa shape index (κ3) is 4.61. The molecule has 0 saturated carbocycles. The third-order valence-corrected chi connectivity index (χ3v) is 8.34. The molecule has 6 nitrogen and oxygen atoms in total. The predicted octanol–water partition coefficient (Wildman–Crippen LogP) is 4.62. The Morgan fingerprint density at radius 2 is 1.63 bits per heavy atom. The highest BCUT2D eigenvalue weighted by Gasteiger charge is 2.58. The molecule has 3 aromatic carbocycles. The fourth-order valence-corrected chi connectivity index (χ4v) is 6.59. The number of hydrogen-bond donors (Lipinski definition) is 1. The fourth-order valence-electron chi connectivity index (χ4n) is 4.86. The number of aliphatic hydroxyl groups is 1. The van der Waals surface area contributed by atoms with Crippen molar-refractivity contribution in [3.05, 3.63) is 95.8 Å². The maximum absolute atomic E-state index is 14.4. The summed E-state index contributed by atoms with van der Waals surface area (Å²) in [5, 5.41) is 8.52. The van der Waals surface area contributed by atoms with Gasteiger partial charge >= 0.3 is 0 Å². The van der Waals surface area contributed by atoms with Crippen LogP contribution in [-0.2, 0) is 19.5 Å². The van der Waals surface area contributed by atoms with Crippen LogP contribution in [0.2, 0.25) is 0 Å². The van der Waals surface area contributed by atoms with Crippen LogP contribution in [0.3, 0.4) is 0 Å². The van der Waals surface area contributed by atoms with Crippen LogP contribution in [0.15, 0.2) is 83.3 Å². The van der Waals surface area contributed by atoms with Gasteiger partial charge in [0.25, 0.3) is 10.0 Å². The molecule has 0 amide bonds. The largest absolute Gasteiger partial charge is 0.467 e. The first kappa shape index (κ1) is 23.7. The van der Waals surface area contributed by atoms with Crippen LogP contribution in [0.1, 0.15) is 35.1 Å². The molecule has 0 aromatic heterocycles. The van der Waals surface area contributed by atoms with Crippen LogP contribution in [0.5, 0.6) is 0 Å². The molecular formula is C27H26FNO5S. The van der Waals surface area contributed by atoms with Crippen LogP contribution in [0, 0.1) is 5.82 Å². The molecule has 2 aliphatic heterocycles. The highest BCUT2D eigenvalue weighted by Crippen LogP contribution is 2.46. The summed E-state index contributed by atoms with van der Waals surface area (Å²) in [6.45, 7) is 0.0467. The molecule has 1 spiro atoms. The molecule has 8 heteroatoms. The number of aliphatic hydroxyl groups excluding tert-OH is 1. The van der Waals surface area contributed by atoms with Gasteiger partial charge in [0.05, 0.1) is 13.2 Å². The number of benzene rings is 3. The predicted molar refractivity (Wildman–Crippen MR) is 131 cm³/mol. The van der Waals surface area contributed by atoms with Crippen molar-refractivity contribution in [1.29, 1.82) is 0 Å². The molecule has 2 heterocycles. The second-order valence-electron chi connectivity index (χ2n) is 8.96. The minimum Gasteiger partial charge on any atom is -0.467 e. The number of nitrogens with zero attached hydrogens (tertiary/aromatic N) is 1. The monoisotopic (exact) mass is 495 g/mol. The minimum atomic E-state index is -4.00. The Bertz CT molecular complexity index is 1320. The van der Waals surface area contributed by atoms with Gasteiger partial charge in [-0.15, -0.1) is 4.40 Å². The number of ether oxygens (including phenoxy) is 2. The second-order valence-corrected chi connectivity index (χ2v) is 10.6. The standard InChI is InChI=1S/C27H26FNO5S/c28-24-9-5-4-8-23(24)22(14-15-30)16-25-29-35(31,32)26(27(34-25)17-33-18-27)21-12-10-20(11-13-21)19-6-2-1-3-7-19/h1-13,22,26,30H,14-18H2/t22-,26?/m1/s1. The summed E-state index contributed by atoms with van der Waals surface area (Å²) in [5.41, 5.74) is 1.89. The van der Waals surface area contributed by atoms with E-state index in [0.717, 1.165) is 11.1 Å². The zero-order chi connectivity index (χ0) is 24.5. The van der Waals surface area contributed by atoms with Crippen molar-refractivity contribution < 1.29 is 27.4 Å². The molecule has 1 saturated heterocycles. The van der Waals surface area contributed by atoms with Gasteiger partial charge in [0, 0.05) is 13.0 Å². The number of rotatable bonds is 7. The van der Waals surface area contributed by atoms with E-state index in [4.69, 9.17) is 9.47 Å². The van der Waals surface area contributed by atoms with Gasteiger partial charge in [0.15, 0.2) is 10.9 Å². The molecule has 1 fully saturated rings. The van der Waals surface area contributed by atoms with Gasteiger partial charge in [0.2, 0.25) is 5.90 Å². The van der Waals surface area contributed by atoms with Crippen LogP contribution in [0.4, 0.5) is 4.39 Å². The number of hydrogen-bond acceptors (Lipinski definition) is 5.